The van der Waals surface area contributed by atoms with Crippen LogP contribution in [-0.4, -0.2) is 14.0 Å². The van der Waals surface area contributed by atoms with Crippen LogP contribution >= 0.6 is 31.9 Å². The summed E-state index contributed by atoms with van der Waals surface area (Å²) in [6, 6.07) is 3.28. The highest BCUT2D eigenvalue weighted by Gasteiger charge is 2.35. The standard InChI is InChI=1S/C12H16Br2N2O2S/c1-12(4-2-3-5-12)16-19(17,18)11-9(14)6-8(13)7-10(11)15/h6-7,16H,2-5,15H2,1H3. The van der Waals surface area contributed by atoms with Gasteiger partial charge in [0.1, 0.15) is 4.90 Å². The summed E-state index contributed by atoms with van der Waals surface area (Å²) in [5, 5.41) is 0. The fraction of sp³-hybridized carbons (Fsp3) is 0.500. The maximum Gasteiger partial charge on any atom is 0.244 e. The van der Waals surface area contributed by atoms with E-state index < -0.39 is 10.0 Å². The van der Waals surface area contributed by atoms with Crippen LogP contribution in [0.5, 0.6) is 0 Å². The Labute approximate surface area is 130 Å². The van der Waals surface area contributed by atoms with Crippen LogP contribution in [0.2, 0.25) is 0 Å². The van der Waals surface area contributed by atoms with Crippen molar-refractivity contribution in [3.8, 4) is 0 Å². The van der Waals surface area contributed by atoms with Gasteiger partial charge >= 0.3 is 0 Å². The maximum absolute atomic E-state index is 12.5. The number of halogens is 2. The average Bonchev–Trinajstić information content (AvgIpc) is 2.60. The van der Waals surface area contributed by atoms with E-state index >= 15 is 0 Å². The lowest BCUT2D eigenvalue weighted by molar-refractivity contribution is 0.427. The van der Waals surface area contributed by atoms with E-state index in [4.69, 9.17) is 5.73 Å². The summed E-state index contributed by atoms with van der Waals surface area (Å²) < 4.78 is 29.0. The van der Waals surface area contributed by atoms with E-state index in [1.807, 2.05) is 6.92 Å². The molecule has 1 saturated carbocycles. The van der Waals surface area contributed by atoms with Gasteiger partial charge < -0.3 is 5.73 Å². The van der Waals surface area contributed by atoms with Gasteiger partial charge in [-0.1, -0.05) is 28.8 Å². The normalized spacial score (nSPS) is 18.7. The Balaban J connectivity index is 2.40. The molecule has 0 aliphatic heterocycles. The summed E-state index contributed by atoms with van der Waals surface area (Å²) in [5.74, 6) is 0. The van der Waals surface area contributed by atoms with Gasteiger partial charge in [0.2, 0.25) is 10.0 Å². The van der Waals surface area contributed by atoms with E-state index in [0.29, 0.717) is 4.47 Å². The fourth-order valence-electron chi connectivity index (χ4n) is 2.50. The zero-order valence-electron chi connectivity index (χ0n) is 10.5. The Morgan fingerprint density at radius 2 is 1.84 bits per heavy atom. The van der Waals surface area contributed by atoms with Crippen molar-refractivity contribution >= 4 is 47.6 Å². The van der Waals surface area contributed by atoms with Crippen molar-refractivity contribution in [3.05, 3.63) is 21.1 Å². The second kappa shape index (κ2) is 5.35. The van der Waals surface area contributed by atoms with Gasteiger partial charge in [0.15, 0.2) is 0 Å². The van der Waals surface area contributed by atoms with Gasteiger partial charge in [0.25, 0.3) is 0 Å². The van der Waals surface area contributed by atoms with Crippen LogP contribution in [0, 0.1) is 0 Å². The molecule has 0 aromatic heterocycles. The Morgan fingerprint density at radius 1 is 1.26 bits per heavy atom. The quantitative estimate of drug-likeness (QED) is 0.748. The van der Waals surface area contributed by atoms with Crippen molar-refractivity contribution < 1.29 is 8.42 Å². The number of benzene rings is 1. The highest BCUT2D eigenvalue weighted by molar-refractivity contribution is 9.11. The molecule has 1 aromatic carbocycles. The van der Waals surface area contributed by atoms with Crippen LogP contribution in [0.25, 0.3) is 0 Å². The molecule has 0 unspecified atom stereocenters. The number of hydrogen-bond acceptors (Lipinski definition) is 3. The van der Waals surface area contributed by atoms with Gasteiger partial charge in [-0.3, -0.25) is 0 Å². The fourth-order valence-corrected chi connectivity index (χ4v) is 6.03. The number of hydrogen-bond donors (Lipinski definition) is 2. The molecule has 19 heavy (non-hydrogen) atoms. The van der Waals surface area contributed by atoms with E-state index in [-0.39, 0.29) is 16.1 Å². The summed E-state index contributed by atoms with van der Waals surface area (Å²) >= 11 is 6.56. The third-order valence-corrected chi connectivity index (χ3v) is 6.49. The lowest BCUT2D eigenvalue weighted by atomic mass is 10.0. The Bertz CT molecular complexity index is 573. The molecule has 1 aliphatic rings. The SMILES string of the molecule is CC1(NS(=O)(=O)c2c(N)cc(Br)cc2Br)CCCC1. The van der Waals surface area contributed by atoms with Crippen molar-refractivity contribution in [3.63, 3.8) is 0 Å². The molecule has 1 fully saturated rings. The molecule has 3 N–H and O–H groups in total. The zero-order chi connectivity index (χ0) is 14.3. The number of rotatable bonds is 3. The first-order chi connectivity index (χ1) is 8.73. The van der Waals surface area contributed by atoms with Crippen LogP contribution in [0.15, 0.2) is 26.0 Å². The molecule has 106 valence electrons. The lowest BCUT2D eigenvalue weighted by Crippen LogP contribution is -2.43. The molecule has 1 aromatic rings. The van der Waals surface area contributed by atoms with Crippen molar-refractivity contribution in [1.29, 1.82) is 0 Å². The van der Waals surface area contributed by atoms with E-state index in [0.717, 1.165) is 30.2 Å². The van der Waals surface area contributed by atoms with Crippen LogP contribution in [-0.2, 0) is 10.0 Å². The first kappa shape index (κ1) is 15.3. The van der Waals surface area contributed by atoms with Gasteiger partial charge in [0, 0.05) is 14.5 Å². The minimum Gasteiger partial charge on any atom is -0.398 e. The molecular formula is C12H16Br2N2O2S. The van der Waals surface area contributed by atoms with Crippen molar-refractivity contribution in [1.82, 2.24) is 4.72 Å². The van der Waals surface area contributed by atoms with E-state index in [1.165, 1.54) is 0 Å². The summed E-state index contributed by atoms with van der Waals surface area (Å²) in [4.78, 5) is 0.115. The topological polar surface area (TPSA) is 72.2 Å². The summed E-state index contributed by atoms with van der Waals surface area (Å²) in [7, 11) is -3.62. The second-order valence-electron chi connectivity index (χ2n) is 5.18. The van der Waals surface area contributed by atoms with Crippen molar-refractivity contribution in [2.45, 2.75) is 43.0 Å². The van der Waals surface area contributed by atoms with Crippen molar-refractivity contribution in [2.75, 3.05) is 5.73 Å². The van der Waals surface area contributed by atoms with E-state index in [2.05, 4.69) is 36.6 Å². The molecule has 0 amide bonds. The number of nitrogen functional groups attached to an aromatic ring is 1. The zero-order valence-corrected chi connectivity index (χ0v) is 14.5. The number of nitrogens with two attached hydrogens (primary N) is 1. The monoisotopic (exact) mass is 410 g/mol. The molecule has 0 heterocycles. The molecule has 0 radical (unpaired) electrons. The summed E-state index contributed by atoms with van der Waals surface area (Å²) in [6.45, 7) is 1.94. The summed E-state index contributed by atoms with van der Waals surface area (Å²) in [6.07, 6.45) is 3.83. The molecule has 2 rings (SSSR count). The van der Waals surface area contributed by atoms with Gasteiger partial charge in [-0.25, -0.2) is 13.1 Å². The highest BCUT2D eigenvalue weighted by atomic mass is 79.9. The van der Waals surface area contributed by atoms with Gasteiger partial charge in [-0.2, -0.15) is 0 Å². The third kappa shape index (κ3) is 3.32. The Kier molecular flexibility index (Phi) is 4.30. The predicted molar refractivity (Wildman–Crippen MR) is 83.4 cm³/mol. The minimum absolute atomic E-state index is 0.115. The van der Waals surface area contributed by atoms with Crippen molar-refractivity contribution in [2.24, 2.45) is 0 Å². The number of sulfonamides is 1. The first-order valence-corrected chi connectivity index (χ1v) is 9.09. The number of anilines is 1. The smallest absolute Gasteiger partial charge is 0.244 e. The van der Waals surface area contributed by atoms with Gasteiger partial charge in [-0.05, 0) is 47.8 Å². The molecule has 0 atom stereocenters. The van der Waals surface area contributed by atoms with Crippen LogP contribution in [0.4, 0.5) is 5.69 Å². The van der Waals surface area contributed by atoms with Crippen LogP contribution < -0.4 is 10.5 Å². The molecule has 7 heteroatoms. The van der Waals surface area contributed by atoms with Gasteiger partial charge in [-0.15, -0.1) is 0 Å². The minimum atomic E-state index is -3.62. The molecule has 1 aliphatic carbocycles. The Hall–Kier alpha value is -0.110. The first-order valence-electron chi connectivity index (χ1n) is 6.02. The maximum atomic E-state index is 12.5. The van der Waals surface area contributed by atoms with Crippen LogP contribution in [0.1, 0.15) is 32.6 Å². The molecule has 0 bridgehead atoms. The molecule has 4 nitrogen and oxygen atoms in total. The summed E-state index contributed by atoms with van der Waals surface area (Å²) in [5.41, 5.74) is 5.72. The molecule has 0 saturated heterocycles. The van der Waals surface area contributed by atoms with E-state index in [1.54, 1.807) is 12.1 Å². The highest BCUT2D eigenvalue weighted by Crippen LogP contribution is 2.35. The van der Waals surface area contributed by atoms with Crippen LogP contribution in [0.3, 0.4) is 0 Å². The second-order valence-corrected chi connectivity index (χ2v) is 8.57. The Morgan fingerprint density at radius 3 is 2.37 bits per heavy atom. The number of nitrogens with one attached hydrogen (secondary N) is 1. The molecular weight excluding hydrogens is 396 g/mol. The lowest BCUT2D eigenvalue weighted by Gasteiger charge is -2.25. The average molecular weight is 412 g/mol. The molecule has 0 spiro atoms. The van der Waals surface area contributed by atoms with Gasteiger partial charge in [0.05, 0.1) is 5.69 Å². The third-order valence-electron chi connectivity index (χ3n) is 3.39. The van der Waals surface area contributed by atoms with E-state index in [9.17, 15) is 8.42 Å². The predicted octanol–water partition coefficient (Wildman–Crippen LogP) is 3.40. The largest absolute Gasteiger partial charge is 0.398 e.